The van der Waals surface area contributed by atoms with Crippen molar-refractivity contribution in [1.29, 1.82) is 0 Å². The highest BCUT2D eigenvalue weighted by Crippen LogP contribution is 2.13. The van der Waals surface area contributed by atoms with E-state index in [1.165, 1.54) is 0 Å². The van der Waals surface area contributed by atoms with Crippen molar-refractivity contribution in [3.63, 3.8) is 0 Å². The molecule has 2 fully saturated rings. The van der Waals surface area contributed by atoms with E-state index in [4.69, 9.17) is 0 Å². The molecule has 1 aromatic rings. The smallest absolute Gasteiger partial charge is 0.329 e. The number of amides is 2. The second kappa shape index (κ2) is 8.29. The van der Waals surface area contributed by atoms with Crippen molar-refractivity contribution >= 4 is 17.8 Å². The average molecular weight is 360 g/mol. The second-order valence-electron chi connectivity index (χ2n) is 6.51. The van der Waals surface area contributed by atoms with Crippen molar-refractivity contribution < 1.29 is 19.5 Å². The summed E-state index contributed by atoms with van der Waals surface area (Å²) < 4.78 is 0. The number of carbonyl (C=O) groups is 3. The molecule has 1 atom stereocenters. The maximum Gasteiger partial charge on any atom is 0.329 e. The van der Waals surface area contributed by atoms with Gasteiger partial charge in [0.1, 0.15) is 0 Å². The Bertz CT molecular complexity index is 666. The fraction of sp³-hybridized carbons (Fsp3) is 0.500. The van der Waals surface area contributed by atoms with Crippen LogP contribution in [0.2, 0.25) is 0 Å². The average Bonchev–Trinajstić information content (AvgIpc) is 2.96. The van der Waals surface area contributed by atoms with Crippen molar-refractivity contribution in [2.75, 3.05) is 52.4 Å². The lowest BCUT2D eigenvalue weighted by Crippen LogP contribution is -2.51. The third-order valence-electron chi connectivity index (χ3n) is 4.88. The summed E-state index contributed by atoms with van der Waals surface area (Å²) >= 11 is 0. The summed E-state index contributed by atoms with van der Waals surface area (Å²) in [7, 11) is 0. The number of hydrogen-bond donors (Lipinski definition) is 2. The highest BCUT2D eigenvalue weighted by molar-refractivity contribution is 6.11. The topological polar surface area (TPSA) is 93.2 Å². The third-order valence-corrected chi connectivity index (χ3v) is 4.88. The summed E-state index contributed by atoms with van der Waals surface area (Å²) in [5, 5.41) is 12.9. The minimum atomic E-state index is -1.26. The van der Waals surface area contributed by atoms with E-state index in [1.54, 1.807) is 45.0 Å². The number of rotatable bonds is 4. The van der Waals surface area contributed by atoms with Crippen LogP contribution in [-0.2, 0) is 4.79 Å². The highest BCUT2D eigenvalue weighted by Gasteiger charge is 2.35. The van der Waals surface area contributed by atoms with Gasteiger partial charge in [0.2, 0.25) is 0 Å². The monoisotopic (exact) mass is 360 g/mol. The minimum Gasteiger partial charge on any atom is -0.480 e. The van der Waals surface area contributed by atoms with E-state index in [2.05, 4.69) is 5.32 Å². The van der Waals surface area contributed by atoms with Gasteiger partial charge in [0.25, 0.3) is 0 Å². The summed E-state index contributed by atoms with van der Waals surface area (Å²) in [6.45, 7) is 4.37. The fourth-order valence-corrected chi connectivity index (χ4v) is 3.42. The SMILES string of the molecule is O=C(O)C(C(=O)c1ccccc1)N1CCNCCN2CCN(CC1)C2=O. The predicted molar refractivity (Wildman–Crippen MR) is 95.2 cm³/mol. The second-order valence-corrected chi connectivity index (χ2v) is 6.51. The number of ketones is 1. The van der Waals surface area contributed by atoms with Gasteiger partial charge < -0.3 is 20.2 Å². The summed E-state index contributed by atoms with van der Waals surface area (Å²) in [6.07, 6.45) is 0. The van der Waals surface area contributed by atoms with Crippen LogP contribution in [0.1, 0.15) is 10.4 Å². The number of urea groups is 1. The van der Waals surface area contributed by atoms with Gasteiger partial charge in [-0.05, 0) is 0 Å². The van der Waals surface area contributed by atoms with Crippen LogP contribution < -0.4 is 5.32 Å². The first kappa shape index (κ1) is 18.3. The van der Waals surface area contributed by atoms with E-state index < -0.39 is 17.8 Å². The largest absolute Gasteiger partial charge is 0.480 e. The van der Waals surface area contributed by atoms with E-state index in [0.29, 0.717) is 57.9 Å². The molecule has 2 amide bonds. The van der Waals surface area contributed by atoms with E-state index in [9.17, 15) is 19.5 Å². The molecular weight excluding hydrogens is 336 g/mol. The minimum absolute atomic E-state index is 0.0186. The molecule has 2 aliphatic heterocycles. The summed E-state index contributed by atoms with van der Waals surface area (Å²) in [5.41, 5.74) is 0.380. The predicted octanol–water partition coefficient (Wildman–Crippen LogP) is -0.0347. The molecule has 1 unspecified atom stereocenters. The molecule has 8 nitrogen and oxygen atoms in total. The molecule has 26 heavy (non-hydrogen) atoms. The Morgan fingerprint density at radius 2 is 1.54 bits per heavy atom. The molecule has 0 radical (unpaired) electrons. The first-order valence-electron chi connectivity index (χ1n) is 8.88. The van der Waals surface area contributed by atoms with Crippen LogP contribution >= 0.6 is 0 Å². The van der Waals surface area contributed by atoms with Crippen molar-refractivity contribution in [1.82, 2.24) is 20.0 Å². The number of nitrogens with zero attached hydrogens (tertiary/aromatic N) is 3. The number of aliphatic carboxylic acids is 1. The normalized spacial score (nSPS) is 20.5. The van der Waals surface area contributed by atoms with Crippen LogP contribution in [0.15, 0.2) is 30.3 Å². The van der Waals surface area contributed by atoms with Gasteiger partial charge in [-0.2, -0.15) is 0 Å². The summed E-state index contributed by atoms with van der Waals surface area (Å²) in [6, 6.07) is 7.21. The van der Waals surface area contributed by atoms with Crippen LogP contribution in [0.5, 0.6) is 0 Å². The molecule has 0 aliphatic carbocycles. The van der Waals surface area contributed by atoms with Crippen LogP contribution in [0, 0.1) is 0 Å². The molecule has 140 valence electrons. The molecule has 2 N–H and O–H groups in total. The van der Waals surface area contributed by atoms with Crippen molar-refractivity contribution in [2.24, 2.45) is 0 Å². The van der Waals surface area contributed by atoms with E-state index in [1.807, 2.05) is 0 Å². The van der Waals surface area contributed by atoms with Gasteiger partial charge in [-0.15, -0.1) is 0 Å². The standard InChI is InChI=1S/C18H24N4O4/c23-16(14-4-2-1-3-5-14)15(17(24)25)20-8-6-19-7-9-21-12-13-22(11-10-20)18(21)26/h1-5,15,19H,6-13H2,(H,24,25). The Balaban J connectivity index is 1.78. The van der Waals surface area contributed by atoms with Crippen LogP contribution in [0.4, 0.5) is 4.79 Å². The molecule has 2 heterocycles. The number of benzene rings is 1. The van der Waals surface area contributed by atoms with Gasteiger partial charge in [-0.3, -0.25) is 14.5 Å². The quantitative estimate of drug-likeness (QED) is 0.578. The number of hydrogen-bond acceptors (Lipinski definition) is 5. The van der Waals surface area contributed by atoms with E-state index >= 15 is 0 Å². The zero-order valence-electron chi connectivity index (χ0n) is 14.6. The lowest BCUT2D eigenvalue weighted by atomic mass is 10.0. The molecule has 3 rings (SSSR count). The third kappa shape index (κ3) is 4.03. The number of carboxylic acids is 1. The first-order valence-corrected chi connectivity index (χ1v) is 8.88. The first-order chi connectivity index (χ1) is 12.6. The molecule has 1 aromatic carbocycles. The molecule has 0 saturated carbocycles. The number of carboxylic acid groups (broad SMARTS) is 1. The van der Waals surface area contributed by atoms with Crippen molar-refractivity contribution in [3.8, 4) is 0 Å². The molecule has 0 aromatic heterocycles. The van der Waals surface area contributed by atoms with Crippen LogP contribution in [0.25, 0.3) is 0 Å². The molecule has 2 bridgehead atoms. The number of carbonyl (C=O) groups excluding carboxylic acids is 2. The van der Waals surface area contributed by atoms with Gasteiger partial charge in [-0.25, -0.2) is 4.79 Å². The van der Waals surface area contributed by atoms with Gasteiger partial charge >= 0.3 is 12.0 Å². The zero-order valence-corrected chi connectivity index (χ0v) is 14.6. The number of Topliss-reactive ketones (excluding diaryl/α,β-unsaturated/α-hetero) is 1. The Labute approximate surface area is 152 Å². The lowest BCUT2D eigenvalue weighted by Gasteiger charge is -2.29. The molecule has 0 spiro atoms. The van der Waals surface area contributed by atoms with Crippen LogP contribution in [-0.4, -0.2) is 96.0 Å². The number of nitrogens with one attached hydrogen (secondary N) is 1. The Hall–Kier alpha value is -2.45. The molecular formula is C18H24N4O4. The Morgan fingerprint density at radius 1 is 0.923 bits per heavy atom. The van der Waals surface area contributed by atoms with E-state index in [-0.39, 0.29) is 6.03 Å². The maximum absolute atomic E-state index is 12.8. The molecule has 2 saturated heterocycles. The van der Waals surface area contributed by atoms with Gasteiger partial charge in [0.15, 0.2) is 11.8 Å². The summed E-state index contributed by atoms with van der Waals surface area (Å²) in [4.78, 5) is 42.2. The van der Waals surface area contributed by atoms with Crippen molar-refractivity contribution in [3.05, 3.63) is 35.9 Å². The van der Waals surface area contributed by atoms with Gasteiger partial charge in [0, 0.05) is 57.9 Å². The zero-order chi connectivity index (χ0) is 18.5. The molecule has 2 aliphatic rings. The van der Waals surface area contributed by atoms with Gasteiger partial charge in [0.05, 0.1) is 0 Å². The van der Waals surface area contributed by atoms with Crippen LogP contribution in [0.3, 0.4) is 0 Å². The highest BCUT2D eigenvalue weighted by atomic mass is 16.4. The van der Waals surface area contributed by atoms with E-state index in [0.717, 1.165) is 0 Å². The van der Waals surface area contributed by atoms with Crippen molar-refractivity contribution in [2.45, 2.75) is 6.04 Å². The molecule has 8 heteroatoms. The van der Waals surface area contributed by atoms with Gasteiger partial charge in [-0.1, -0.05) is 30.3 Å². The fourth-order valence-electron chi connectivity index (χ4n) is 3.42. The summed E-state index contributed by atoms with van der Waals surface area (Å²) in [5.74, 6) is -1.59. The Kier molecular flexibility index (Phi) is 5.85. The number of fused-ring (bicyclic) bond motifs is 2. The Morgan fingerprint density at radius 3 is 2.23 bits per heavy atom. The lowest BCUT2D eigenvalue weighted by molar-refractivity contribution is -0.141. The maximum atomic E-state index is 12.8.